The smallest absolute Gasteiger partial charge is 0.219 e. The molecule has 2 atom stereocenters. The summed E-state index contributed by atoms with van der Waals surface area (Å²) in [4.78, 5) is 13.5. The van der Waals surface area contributed by atoms with Crippen LogP contribution in [0.4, 0.5) is 0 Å². The highest BCUT2D eigenvalue weighted by molar-refractivity contribution is 5.73. The van der Waals surface area contributed by atoms with Gasteiger partial charge in [-0.25, -0.2) is 0 Å². The van der Waals surface area contributed by atoms with E-state index in [1.54, 1.807) is 6.92 Å². The van der Waals surface area contributed by atoms with Crippen molar-refractivity contribution in [3.63, 3.8) is 0 Å². The van der Waals surface area contributed by atoms with Crippen LogP contribution in [0.1, 0.15) is 45.4 Å². The zero-order valence-electron chi connectivity index (χ0n) is 9.61. The van der Waals surface area contributed by atoms with Gasteiger partial charge >= 0.3 is 0 Å². The SMILES string of the molecule is CC(=O)N1CCCCC1C(N)C1CCC1. The molecule has 1 aliphatic carbocycles. The molecule has 2 unspecified atom stereocenters. The Labute approximate surface area is 92.0 Å². The van der Waals surface area contributed by atoms with Crippen LogP contribution in [-0.2, 0) is 4.79 Å². The Balaban J connectivity index is 1.99. The molecule has 1 saturated heterocycles. The van der Waals surface area contributed by atoms with Gasteiger partial charge in [0.05, 0.1) is 0 Å². The number of piperidine rings is 1. The van der Waals surface area contributed by atoms with Gasteiger partial charge in [-0.05, 0) is 38.0 Å². The van der Waals surface area contributed by atoms with Gasteiger partial charge in [0.25, 0.3) is 0 Å². The number of carbonyl (C=O) groups is 1. The van der Waals surface area contributed by atoms with Crippen molar-refractivity contribution >= 4 is 5.91 Å². The minimum absolute atomic E-state index is 0.203. The first-order chi connectivity index (χ1) is 7.20. The van der Waals surface area contributed by atoms with E-state index in [9.17, 15) is 4.79 Å². The molecule has 0 spiro atoms. The van der Waals surface area contributed by atoms with Gasteiger partial charge in [-0.15, -0.1) is 0 Å². The molecule has 2 fully saturated rings. The molecule has 2 aliphatic rings. The first-order valence-corrected chi connectivity index (χ1v) is 6.23. The maximum atomic E-state index is 11.5. The topological polar surface area (TPSA) is 46.3 Å². The number of carbonyl (C=O) groups excluding carboxylic acids is 1. The van der Waals surface area contributed by atoms with E-state index in [0.29, 0.717) is 12.0 Å². The Morgan fingerprint density at radius 1 is 1.27 bits per heavy atom. The second-order valence-corrected chi connectivity index (χ2v) is 5.04. The van der Waals surface area contributed by atoms with E-state index in [2.05, 4.69) is 0 Å². The van der Waals surface area contributed by atoms with E-state index < -0.39 is 0 Å². The third-order valence-corrected chi connectivity index (χ3v) is 4.09. The number of rotatable bonds is 2. The number of amides is 1. The number of hydrogen-bond acceptors (Lipinski definition) is 2. The standard InChI is InChI=1S/C12H22N2O/c1-9(15)14-8-3-2-7-11(14)12(13)10-5-4-6-10/h10-12H,2-8,13H2,1H3. The van der Waals surface area contributed by atoms with E-state index >= 15 is 0 Å². The maximum Gasteiger partial charge on any atom is 0.219 e. The zero-order chi connectivity index (χ0) is 10.8. The highest BCUT2D eigenvalue weighted by Gasteiger charge is 2.35. The third-order valence-electron chi connectivity index (χ3n) is 4.09. The van der Waals surface area contributed by atoms with Crippen LogP contribution in [0, 0.1) is 5.92 Å². The quantitative estimate of drug-likeness (QED) is 0.751. The molecule has 0 bridgehead atoms. The third kappa shape index (κ3) is 2.17. The van der Waals surface area contributed by atoms with Crippen molar-refractivity contribution in [1.82, 2.24) is 4.90 Å². The van der Waals surface area contributed by atoms with Gasteiger partial charge < -0.3 is 10.6 Å². The number of nitrogens with two attached hydrogens (primary N) is 1. The number of nitrogens with zero attached hydrogens (tertiary/aromatic N) is 1. The maximum absolute atomic E-state index is 11.5. The average molecular weight is 210 g/mol. The summed E-state index contributed by atoms with van der Waals surface area (Å²) in [5, 5.41) is 0. The van der Waals surface area contributed by atoms with Crippen molar-refractivity contribution in [3.05, 3.63) is 0 Å². The Bertz CT molecular complexity index is 238. The number of hydrogen-bond donors (Lipinski definition) is 1. The van der Waals surface area contributed by atoms with Crippen molar-refractivity contribution in [2.75, 3.05) is 6.54 Å². The fraction of sp³-hybridized carbons (Fsp3) is 0.917. The molecule has 2 rings (SSSR count). The predicted octanol–water partition coefficient (Wildman–Crippen LogP) is 1.51. The fourth-order valence-corrected chi connectivity index (χ4v) is 2.89. The van der Waals surface area contributed by atoms with Crippen molar-refractivity contribution in [2.24, 2.45) is 11.7 Å². The van der Waals surface area contributed by atoms with Gasteiger partial charge in [-0.2, -0.15) is 0 Å². The Morgan fingerprint density at radius 2 is 2.00 bits per heavy atom. The summed E-state index contributed by atoms with van der Waals surface area (Å²) in [7, 11) is 0. The lowest BCUT2D eigenvalue weighted by Gasteiger charge is -2.43. The normalized spacial score (nSPS) is 29.7. The molecule has 1 saturated carbocycles. The Kier molecular flexibility index (Phi) is 3.29. The van der Waals surface area contributed by atoms with E-state index in [0.717, 1.165) is 19.4 Å². The molecule has 86 valence electrons. The molecular formula is C12H22N2O. The van der Waals surface area contributed by atoms with E-state index in [1.165, 1.54) is 25.7 Å². The van der Waals surface area contributed by atoms with Gasteiger partial charge in [-0.3, -0.25) is 4.79 Å². The highest BCUT2D eigenvalue weighted by Crippen LogP contribution is 2.33. The summed E-state index contributed by atoms with van der Waals surface area (Å²) in [6, 6.07) is 0.546. The first-order valence-electron chi connectivity index (χ1n) is 6.23. The van der Waals surface area contributed by atoms with Crippen LogP contribution in [0.15, 0.2) is 0 Å². The fourth-order valence-electron chi connectivity index (χ4n) is 2.89. The van der Waals surface area contributed by atoms with Gasteiger partial charge in [0.2, 0.25) is 5.91 Å². The van der Waals surface area contributed by atoms with E-state index in [-0.39, 0.29) is 11.9 Å². The Hall–Kier alpha value is -0.570. The minimum atomic E-state index is 0.203. The lowest BCUT2D eigenvalue weighted by Crippen LogP contribution is -2.55. The average Bonchev–Trinajstić information content (AvgIpc) is 2.15. The second-order valence-electron chi connectivity index (χ2n) is 5.04. The molecule has 3 heteroatoms. The molecule has 1 amide bonds. The van der Waals surface area contributed by atoms with Crippen LogP contribution in [0.2, 0.25) is 0 Å². The predicted molar refractivity (Wildman–Crippen MR) is 60.3 cm³/mol. The van der Waals surface area contributed by atoms with Crippen molar-refractivity contribution in [3.8, 4) is 0 Å². The molecular weight excluding hydrogens is 188 g/mol. The molecule has 1 heterocycles. The molecule has 1 aliphatic heterocycles. The molecule has 0 aromatic carbocycles. The van der Waals surface area contributed by atoms with Gasteiger partial charge in [0, 0.05) is 25.6 Å². The summed E-state index contributed by atoms with van der Waals surface area (Å²) in [5.74, 6) is 0.879. The van der Waals surface area contributed by atoms with E-state index in [4.69, 9.17) is 5.73 Å². The Morgan fingerprint density at radius 3 is 2.53 bits per heavy atom. The van der Waals surface area contributed by atoms with Gasteiger partial charge in [0.15, 0.2) is 0 Å². The minimum Gasteiger partial charge on any atom is -0.338 e. The summed E-state index contributed by atoms with van der Waals surface area (Å²) in [5.41, 5.74) is 6.29. The molecule has 0 radical (unpaired) electrons. The van der Waals surface area contributed by atoms with Crippen LogP contribution < -0.4 is 5.73 Å². The van der Waals surface area contributed by atoms with Crippen LogP contribution in [0.25, 0.3) is 0 Å². The van der Waals surface area contributed by atoms with Crippen molar-refractivity contribution in [1.29, 1.82) is 0 Å². The summed E-state index contributed by atoms with van der Waals surface area (Å²) < 4.78 is 0. The highest BCUT2D eigenvalue weighted by atomic mass is 16.2. The largest absolute Gasteiger partial charge is 0.338 e. The lowest BCUT2D eigenvalue weighted by molar-refractivity contribution is -0.133. The van der Waals surface area contributed by atoms with Crippen LogP contribution >= 0.6 is 0 Å². The molecule has 2 N–H and O–H groups in total. The van der Waals surface area contributed by atoms with Crippen molar-refractivity contribution < 1.29 is 4.79 Å². The number of likely N-dealkylation sites (tertiary alicyclic amines) is 1. The summed E-state index contributed by atoms with van der Waals surface area (Å²) >= 11 is 0. The van der Waals surface area contributed by atoms with Crippen LogP contribution in [-0.4, -0.2) is 29.4 Å². The lowest BCUT2D eigenvalue weighted by atomic mass is 9.75. The van der Waals surface area contributed by atoms with E-state index in [1.807, 2.05) is 4.90 Å². The molecule has 0 aromatic rings. The molecule has 15 heavy (non-hydrogen) atoms. The van der Waals surface area contributed by atoms with Gasteiger partial charge in [0.1, 0.15) is 0 Å². The molecule has 0 aromatic heterocycles. The first kappa shape index (κ1) is 10.9. The zero-order valence-corrected chi connectivity index (χ0v) is 9.61. The summed E-state index contributed by atoms with van der Waals surface area (Å²) in [6.45, 7) is 2.59. The van der Waals surface area contributed by atoms with Gasteiger partial charge in [-0.1, -0.05) is 6.42 Å². The van der Waals surface area contributed by atoms with Crippen LogP contribution in [0.3, 0.4) is 0 Å². The van der Waals surface area contributed by atoms with Crippen molar-refractivity contribution in [2.45, 2.75) is 57.5 Å². The summed E-state index contributed by atoms with van der Waals surface area (Å²) in [6.07, 6.45) is 7.34. The second kappa shape index (κ2) is 4.52. The van der Waals surface area contributed by atoms with Crippen LogP contribution in [0.5, 0.6) is 0 Å². The monoisotopic (exact) mass is 210 g/mol. The molecule has 3 nitrogen and oxygen atoms in total.